The molecule has 0 aliphatic heterocycles. The first-order valence-corrected chi connectivity index (χ1v) is 5.38. The van der Waals surface area contributed by atoms with Gasteiger partial charge in [0, 0.05) is 12.0 Å². The number of carboxylic acids is 1. The van der Waals surface area contributed by atoms with Gasteiger partial charge in [-0.2, -0.15) is 0 Å². The molecule has 17 heavy (non-hydrogen) atoms. The fourth-order valence-electron chi connectivity index (χ4n) is 2.05. The Morgan fingerprint density at radius 3 is 2.53 bits per heavy atom. The number of aromatic hydroxyl groups is 1. The minimum Gasteiger partial charge on any atom is -0.505 e. The minimum atomic E-state index is -1.03. The van der Waals surface area contributed by atoms with Gasteiger partial charge in [-0.05, 0) is 30.4 Å². The van der Waals surface area contributed by atoms with Crippen molar-refractivity contribution in [2.75, 3.05) is 0 Å². The van der Waals surface area contributed by atoms with Gasteiger partial charge in [0.2, 0.25) is 0 Å². The van der Waals surface area contributed by atoms with Crippen LogP contribution in [-0.4, -0.2) is 16.2 Å². The molecule has 0 amide bonds. The predicted octanol–water partition coefficient (Wildman–Crippen LogP) is 2.64. The topological polar surface area (TPSA) is 57.5 Å². The highest BCUT2D eigenvalue weighted by atomic mass is 19.1. The highest BCUT2D eigenvalue weighted by molar-refractivity contribution is 5.68. The van der Waals surface area contributed by atoms with Gasteiger partial charge in [-0.3, -0.25) is 4.79 Å². The number of hydrogen-bond acceptors (Lipinski definition) is 2. The smallest absolute Gasteiger partial charge is 0.303 e. The first-order chi connectivity index (χ1) is 7.99. The summed E-state index contributed by atoms with van der Waals surface area (Å²) in [4.78, 5) is 10.7. The molecule has 1 aromatic rings. The van der Waals surface area contributed by atoms with E-state index in [0.717, 1.165) is 18.9 Å². The average molecular weight is 242 g/mol. The zero-order valence-electron chi connectivity index (χ0n) is 8.99. The Morgan fingerprint density at radius 2 is 2.00 bits per heavy atom. The van der Waals surface area contributed by atoms with Gasteiger partial charge in [-0.1, -0.05) is 0 Å². The van der Waals surface area contributed by atoms with E-state index in [0.29, 0.717) is 6.07 Å². The second kappa shape index (κ2) is 4.31. The predicted molar refractivity (Wildman–Crippen MR) is 55.7 cm³/mol. The summed E-state index contributed by atoms with van der Waals surface area (Å²) in [7, 11) is 0. The maximum atomic E-state index is 13.6. The molecule has 1 atom stereocenters. The number of halogens is 2. The van der Waals surface area contributed by atoms with Crippen molar-refractivity contribution < 1.29 is 23.8 Å². The summed E-state index contributed by atoms with van der Waals surface area (Å²) < 4.78 is 26.8. The molecular weight excluding hydrogens is 230 g/mol. The minimum absolute atomic E-state index is 0.0465. The monoisotopic (exact) mass is 242 g/mol. The summed E-state index contributed by atoms with van der Waals surface area (Å²) in [5.41, 5.74) is 0.0465. The molecule has 1 saturated carbocycles. The van der Waals surface area contributed by atoms with Crippen LogP contribution in [-0.2, 0) is 4.79 Å². The van der Waals surface area contributed by atoms with E-state index >= 15 is 0 Å². The Balaban J connectivity index is 2.35. The molecule has 0 spiro atoms. The van der Waals surface area contributed by atoms with Gasteiger partial charge >= 0.3 is 5.97 Å². The summed E-state index contributed by atoms with van der Waals surface area (Å²) in [6.07, 6.45) is 1.45. The van der Waals surface area contributed by atoms with Crippen molar-refractivity contribution in [2.45, 2.75) is 25.2 Å². The standard InChI is InChI=1S/C12H12F2O3/c13-9-5-11(15)10(14)3-8(9)7(4-12(16)17)6-1-2-6/h3,5-7,15H,1-2,4H2,(H,16,17). The molecule has 1 aromatic carbocycles. The second-order valence-corrected chi connectivity index (χ2v) is 4.37. The van der Waals surface area contributed by atoms with Crippen LogP contribution in [0.25, 0.3) is 0 Å². The van der Waals surface area contributed by atoms with Gasteiger partial charge in [-0.25, -0.2) is 8.78 Å². The maximum Gasteiger partial charge on any atom is 0.303 e. The van der Waals surface area contributed by atoms with Crippen molar-refractivity contribution in [3.63, 3.8) is 0 Å². The highest BCUT2D eigenvalue weighted by Gasteiger charge is 2.35. The lowest BCUT2D eigenvalue weighted by Crippen LogP contribution is -2.10. The number of hydrogen-bond donors (Lipinski definition) is 2. The van der Waals surface area contributed by atoms with E-state index in [4.69, 9.17) is 10.2 Å². The first-order valence-electron chi connectivity index (χ1n) is 5.38. The third-order valence-electron chi connectivity index (χ3n) is 3.05. The van der Waals surface area contributed by atoms with Crippen molar-refractivity contribution in [2.24, 2.45) is 5.92 Å². The molecule has 3 nitrogen and oxygen atoms in total. The summed E-state index contributed by atoms with van der Waals surface area (Å²) in [6, 6.07) is 1.60. The van der Waals surface area contributed by atoms with Gasteiger partial charge in [0.05, 0.1) is 6.42 Å². The van der Waals surface area contributed by atoms with Crippen molar-refractivity contribution in [3.8, 4) is 5.75 Å². The lowest BCUT2D eigenvalue weighted by Gasteiger charge is -2.15. The number of rotatable bonds is 4. The molecule has 5 heteroatoms. The van der Waals surface area contributed by atoms with E-state index in [1.165, 1.54) is 0 Å². The maximum absolute atomic E-state index is 13.6. The molecule has 1 aliphatic rings. The summed E-state index contributed by atoms with van der Waals surface area (Å²) in [5.74, 6) is -3.86. The third-order valence-corrected chi connectivity index (χ3v) is 3.05. The molecule has 0 saturated heterocycles. The number of phenols is 1. The Hall–Kier alpha value is -1.65. The van der Waals surface area contributed by atoms with Crippen molar-refractivity contribution in [1.82, 2.24) is 0 Å². The number of carbonyl (C=O) groups is 1. The lowest BCUT2D eigenvalue weighted by atomic mass is 9.90. The number of carboxylic acid groups (broad SMARTS) is 1. The largest absolute Gasteiger partial charge is 0.505 e. The SMILES string of the molecule is O=C(O)CC(c1cc(F)c(O)cc1F)C1CC1. The van der Waals surface area contributed by atoms with E-state index in [1.807, 2.05) is 0 Å². The molecule has 1 unspecified atom stereocenters. The molecular formula is C12H12F2O3. The number of phenolic OH excluding ortho intramolecular Hbond substituents is 1. The van der Waals surface area contributed by atoms with Crippen molar-refractivity contribution in [1.29, 1.82) is 0 Å². The molecule has 2 rings (SSSR count). The van der Waals surface area contributed by atoms with E-state index < -0.39 is 29.3 Å². The van der Waals surface area contributed by atoms with Crippen LogP contribution in [0.2, 0.25) is 0 Å². The molecule has 0 aromatic heterocycles. The van der Waals surface area contributed by atoms with Crippen LogP contribution in [0.1, 0.15) is 30.7 Å². The van der Waals surface area contributed by atoms with Crippen LogP contribution in [0.15, 0.2) is 12.1 Å². The lowest BCUT2D eigenvalue weighted by molar-refractivity contribution is -0.137. The summed E-state index contributed by atoms with van der Waals surface area (Å²) >= 11 is 0. The molecule has 92 valence electrons. The van der Waals surface area contributed by atoms with Crippen LogP contribution in [0.3, 0.4) is 0 Å². The van der Waals surface area contributed by atoms with Crippen LogP contribution < -0.4 is 0 Å². The van der Waals surface area contributed by atoms with Gasteiger partial charge < -0.3 is 10.2 Å². The normalized spacial score (nSPS) is 16.8. The van der Waals surface area contributed by atoms with Gasteiger partial charge in [0.15, 0.2) is 11.6 Å². The number of benzene rings is 1. The fourth-order valence-corrected chi connectivity index (χ4v) is 2.05. The number of aliphatic carboxylic acids is 1. The van der Waals surface area contributed by atoms with Crippen LogP contribution >= 0.6 is 0 Å². The van der Waals surface area contributed by atoms with Gasteiger partial charge in [-0.15, -0.1) is 0 Å². The Morgan fingerprint density at radius 1 is 1.35 bits per heavy atom. The molecule has 2 N–H and O–H groups in total. The Bertz CT molecular complexity index is 455. The Labute approximate surface area is 96.7 Å². The summed E-state index contributed by atoms with van der Waals surface area (Å²) in [5, 5.41) is 17.8. The van der Waals surface area contributed by atoms with E-state index in [9.17, 15) is 13.6 Å². The van der Waals surface area contributed by atoms with E-state index in [2.05, 4.69) is 0 Å². The van der Waals surface area contributed by atoms with Crippen LogP contribution in [0, 0.1) is 17.6 Å². The average Bonchev–Trinajstić information content (AvgIpc) is 3.04. The van der Waals surface area contributed by atoms with E-state index in [1.54, 1.807) is 0 Å². The van der Waals surface area contributed by atoms with Crippen molar-refractivity contribution >= 4 is 5.97 Å². The van der Waals surface area contributed by atoms with Crippen LogP contribution in [0.4, 0.5) is 8.78 Å². The molecule has 1 aliphatic carbocycles. The summed E-state index contributed by atoms with van der Waals surface area (Å²) in [6.45, 7) is 0. The third kappa shape index (κ3) is 2.54. The molecule has 1 fully saturated rings. The quantitative estimate of drug-likeness (QED) is 0.853. The van der Waals surface area contributed by atoms with E-state index in [-0.39, 0.29) is 17.9 Å². The Kier molecular flexibility index (Phi) is 3.00. The molecule has 0 radical (unpaired) electrons. The zero-order chi connectivity index (χ0) is 12.6. The van der Waals surface area contributed by atoms with Gasteiger partial charge in [0.1, 0.15) is 5.82 Å². The molecule has 0 heterocycles. The zero-order valence-corrected chi connectivity index (χ0v) is 8.99. The molecule has 0 bridgehead atoms. The van der Waals surface area contributed by atoms with Crippen molar-refractivity contribution in [3.05, 3.63) is 29.3 Å². The van der Waals surface area contributed by atoms with Crippen LogP contribution in [0.5, 0.6) is 5.75 Å². The van der Waals surface area contributed by atoms with Gasteiger partial charge in [0.25, 0.3) is 0 Å². The first kappa shape index (κ1) is 11.8. The fraction of sp³-hybridized carbons (Fsp3) is 0.417. The highest BCUT2D eigenvalue weighted by Crippen LogP contribution is 2.45. The second-order valence-electron chi connectivity index (χ2n) is 4.37.